The van der Waals surface area contributed by atoms with Crippen molar-refractivity contribution >= 4 is 15.9 Å². The third-order valence-corrected chi connectivity index (χ3v) is 2.74. The zero-order valence-electron chi connectivity index (χ0n) is 7.68. The van der Waals surface area contributed by atoms with Gasteiger partial charge in [-0.05, 0) is 27.2 Å². The van der Waals surface area contributed by atoms with E-state index in [2.05, 4.69) is 26.1 Å². The Kier molecular flexibility index (Phi) is 1.98. The quantitative estimate of drug-likeness (QED) is 0.795. The Morgan fingerprint density at radius 3 is 3.00 bits per heavy atom. The molecule has 0 radical (unpaired) electrons. The van der Waals surface area contributed by atoms with Crippen molar-refractivity contribution in [2.24, 2.45) is 0 Å². The minimum atomic E-state index is 0.0556. The number of nitrogens with zero attached hydrogens (tertiary/aromatic N) is 2. The molecule has 0 amide bonds. The van der Waals surface area contributed by atoms with E-state index in [1.165, 1.54) is 0 Å². The third-order valence-electron chi connectivity index (χ3n) is 2.41. The molecule has 0 N–H and O–H groups in total. The summed E-state index contributed by atoms with van der Waals surface area (Å²) in [6.07, 6.45) is 0. The Balaban J connectivity index is 2.04. The van der Waals surface area contributed by atoms with Crippen molar-refractivity contribution in [1.82, 2.24) is 10.1 Å². The molecule has 2 aromatic rings. The average Bonchev–Trinajstić information content (AvgIpc) is 2.83. The highest BCUT2D eigenvalue weighted by Gasteiger charge is 2.29. The molecule has 4 nitrogen and oxygen atoms in total. The van der Waals surface area contributed by atoms with E-state index in [1.54, 1.807) is 0 Å². The second kappa shape index (κ2) is 3.34. The van der Waals surface area contributed by atoms with Crippen molar-refractivity contribution in [2.45, 2.75) is 5.92 Å². The molecule has 0 bridgehead atoms. The molecular formula is C10H7BrN2O2. The fourth-order valence-electron chi connectivity index (χ4n) is 1.72. The van der Waals surface area contributed by atoms with Crippen LogP contribution in [0.25, 0.3) is 0 Å². The van der Waals surface area contributed by atoms with E-state index in [1.807, 2.05) is 24.3 Å². The smallest absolute Gasteiger partial charge is 0.238 e. The van der Waals surface area contributed by atoms with Gasteiger partial charge in [-0.1, -0.05) is 18.2 Å². The highest BCUT2D eigenvalue weighted by Crippen LogP contribution is 2.37. The summed E-state index contributed by atoms with van der Waals surface area (Å²) in [4.78, 5) is 4.15. The van der Waals surface area contributed by atoms with Crippen molar-refractivity contribution in [3.05, 3.63) is 40.5 Å². The molecule has 2 heterocycles. The number of aromatic nitrogens is 2. The van der Waals surface area contributed by atoms with Crippen LogP contribution >= 0.6 is 15.9 Å². The monoisotopic (exact) mass is 266 g/mol. The van der Waals surface area contributed by atoms with Crippen LogP contribution < -0.4 is 4.74 Å². The zero-order chi connectivity index (χ0) is 10.3. The lowest BCUT2D eigenvalue weighted by Crippen LogP contribution is -2.02. The summed E-state index contributed by atoms with van der Waals surface area (Å²) in [6.45, 7) is 0.563. The number of hydrogen-bond acceptors (Lipinski definition) is 4. The van der Waals surface area contributed by atoms with Gasteiger partial charge in [0.25, 0.3) is 0 Å². The third kappa shape index (κ3) is 1.43. The fourth-order valence-corrected chi connectivity index (χ4v) is 1.97. The van der Waals surface area contributed by atoms with E-state index in [9.17, 15) is 0 Å². The van der Waals surface area contributed by atoms with Gasteiger partial charge in [0.15, 0.2) is 0 Å². The van der Waals surface area contributed by atoms with Crippen LogP contribution in [0.5, 0.6) is 5.75 Å². The van der Waals surface area contributed by atoms with E-state index in [0.717, 1.165) is 11.3 Å². The number of rotatable bonds is 1. The Morgan fingerprint density at radius 1 is 1.33 bits per heavy atom. The highest BCUT2D eigenvalue weighted by atomic mass is 79.9. The van der Waals surface area contributed by atoms with Gasteiger partial charge >= 0.3 is 0 Å². The van der Waals surface area contributed by atoms with Crippen LogP contribution in [-0.4, -0.2) is 16.7 Å². The van der Waals surface area contributed by atoms with Gasteiger partial charge in [-0.15, -0.1) is 0 Å². The SMILES string of the molecule is Brc1noc(C2COc3ccccc32)n1. The van der Waals surface area contributed by atoms with Crippen molar-refractivity contribution in [3.63, 3.8) is 0 Å². The molecule has 1 aliphatic rings. The number of halogens is 1. The summed E-state index contributed by atoms with van der Waals surface area (Å²) in [5.74, 6) is 1.55. The Labute approximate surface area is 94.4 Å². The molecule has 3 rings (SSSR count). The lowest BCUT2D eigenvalue weighted by Gasteiger charge is -2.00. The molecule has 1 aliphatic heterocycles. The number of hydrogen-bond donors (Lipinski definition) is 0. The van der Waals surface area contributed by atoms with Crippen LogP contribution in [0, 0.1) is 0 Å². The lowest BCUT2D eigenvalue weighted by molar-refractivity contribution is 0.304. The topological polar surface area (TPSA) is 48.2 Å². The maximum absolute atomic E-state index is 5.53. The normalized spacial score (nSPS) is 18.6. The first kappa shape index (κ1) is 8.91. The number of ether oxygens (including phenoxy) is 1. The molecule has 1 aromatic heterocycles. The molecule has 0 aliphatic carbocycles. The van der Waals surface area contributed by atoms with Gasteiger partial charge in [0, 0.05) is 5.56 Å². The minimum Gasteiger partial charge on any atom is -0.492 e. The van der Waals surface area contributed by atoms with E-state index >= 15 is 0 Å². The summed E-state index contributed by atoms with van der Waals surface area (Å²) in [5.41, 5.74) is 1.11. The molecule has 0 spiro atoms. The molecule has 1 unspecified atom stereocenters. The molecule has 0 fully saturated rings. The number of benzene rings is 1. The van der Waals surface area contributed by atoms with Gasteiger partial charge < -0.3 is 9.26 Å². The first-order valence-corrected chi connectivity index (χ1v) is 5.35. The highest BCUT2D eigenvalue weighted by molar-refractivity contribution is 9.10. The maximum Gasteiger partial charge on any atom is 0.238 e. The van der Waals surface area contributed by atoms with E-state index in [0.29, 0.717) is 17.2 Å². The predicted molar refractivity (Wildman–Crippen MR) is 55.8 cm³/mol. The van der Waals surface area contributed by atoms with Gasteiger partial charge in [0.2, 0.25) is 10.6 Å². The maximum atomic E-state index is 5.53. The van der Waals surface area contributed by atoms with Crippen LogP contribution in [0.4, 0.5) is 0 Å². The van der Waals surface area contributed by atoms with E-state index in [-0.39, 0.29) is 5.92 Å². The van der Waals surface area contributed by atoms with Gasteiger partial charge in [0.05, 0.1) is 0 Å². The molecular weight excluding hydrogens is 260 g/mol. The Morgan fingerprint density at radius 2 is 2.20 bits per heavy atom. The summed E-state index contributed by atoms with van der Waals surface area (Å²) in [6, 6.07) is 7.89. The van der Waals surface area contributed by atoms with Crippen LogP contribution in [-0.2, 0) is 0 Å². The summed E-state index contributed by atoms with van der Waals surface area (Å²) < 4.78 is 11.1. The second-order valence-electron chi connectivity index (χ2n) is 3.30. The molecule has 0 saturated heterocycles. The van der Waals surface area contributed by atoms with Crippen LogP contribution in [0.3, 0.4) is 0 Å². The van der Waals surface area contributed by atoms with Crippen molar-refractivity contribution < 1.29 is 9.26 Å². The van der Waals surface area contributed by atoms with Crippen molar-refractivity contribution in [3.8, 4) is 5.75 Å². The average molecular weight is 267 g/mol. The summed E-state index contributed by atoms with van der Waals surface area (Å²) >= 11 is 3.16. The first-order valence-electron chi connectivity index (χ1n) is 4.55. The van der Waals surface area contributed by atoms with Crippen LogP contribution in [0.2, 0.25) is 0 Å². The molecule has 15 heavy (non-hydrogen) atoms. The van der Waals surface area contributed by atoms with Gasteiger partial charge in [-0.25, -0.2) is 0 Å². The van der Waals surface area contributed by atoms with Gasteiger partial charge in [-0.2, -0.15) is 4.98 Å². The standard InChI is InChI=1S/C10H7BrN2O2/c11-10-12-9(15-13-10)7-5-14-8-4-2-1-3-6(7)8/h1-4,7H,5H2. The largest absolute Gasteiger partial charge is 0.492 e. The predicted octanol–water partition coefficient (Wildman–Crippen LogP) is 2.36. The zero-order valence-corrected chi connectivity index (χ0v) is 9.27. The molecule has 5 heteroatoms. The Hall–Kier alpha value is -1.36. The van der Waals surface area contributed by atoms with Crippen LogP contribution in [0.15, 0.2) is 33.5 Å². The van der Waals surface area contributed by atoms with Gasteiger partial charge in [0.1, 0.15) is 18.3 Å². The molecule has 1 atom stereocenters. The second-order valence-corrected chi connectivity index (χ2v) is 4.01. The Bertz CT molecular complexity index is 498. The van der Waals surface area contributed by atoms with Crippen molar-refractivity contribution in [1.29, 1.82) is 0 Å². The van der Waals surface area contributed by atoms with Crippen LogP contribution in [0.1, 0.15) is 17.4 Å². The number of fused-ring (bicyclic) bond motifs is 1. The lowest BCUT2D eigenvalue weighted by atomic mass is 10.0. The van der Waals surface area contributed by atoms with Crippen molar-refractivity contribution in [2.75, 3.05) is 6.61 Å². The first-order chi connectivity index (χ1) is 7.34. The summed E-state index contributed by atoms with van der Waals surface area (Å²) in [5, 5.41) is 3.71. The van der Waals surface area contributed by atoms with E-state index in [4.69, 9.17) is 9.26 Å². The number of para-hydroxylation sites is 1. The van der Waals surface area contributed by atoms with E-state index < -0.39 is 0 Å². The molecule has 1 aromatic carbocycles. The minimum absolute atomic E-state index is 0.0556. The fraction of sp³-hybridized carbons (Fsp3) is 0.200. The molecule has 0 saturated carbocycles. The van der Waals surface area contributed by atoms with Gasteiger partial charge in [-0.3, -0.25) is 0 Å². The summed E-state index contributed by atoms with van der Waals surface area (Å²) in [7, 11) is 0. The molecule has 76 valence electrons.